The van der Waals surface area contributed by atoms with Crippen LogP contribution in [0.2, 0.25) is 0 Å². The summed E-state index contributed by atoms with van der Waals surface area (Å²) in [5.74, 6) is -4.84. The monoisotopic (exact) mass is 428 g/mol. The first-order chi connectivity index (χ1) is 13.6. The van der Waals surface area contributed by atoms with Crippen molar-refractivity contribution >= 4 is 21.5 Å². The second-order valence-electron chi connectivity index (χ2n) is 7.35. The molecule has 2 N–H and O–H groups in total. The van der Waals surface area contributed by atoms with E-state index in [2.05, 4.69) is 14.4 Å². The van der Waals surface area contributed by atoms with Gasteiger partial charge in [-0.05, 0) is 18.8 Å². The van der Waals surface area contributed by atoms with Gasteiger partial charge in [0.05, 0.1) is 4.90 Å². The fourth-order valence-corrected chi connectivity index (χ4v) is 5.55. The summed E-state index contributed by atoms with van der Waals surface area (Å²) in [4.78, 5) is 13.3. The summed E-state index contributed by atoms with van der Waals surface area (Å²) >= 11 is 0. The molecule has 0 fully saturated rings. The SMILES string of the molecule is CN=S1(=O)NC(C(C)C)CCc2c1cn(C)c2C(=O)Nc1cc(F)c(F)c(F)c1. The summed E-state index contributed by atoms with van der Waals surface area (Å²) in [6.07, 6.45) is 2.70. The zero-order chi connectivity index (χ0) is 21.5. The molecule has 0 saturated heterocycles. The summed E-state index contributed by atoms with van der Waals surface area (Å²) in [5, 5.41) is 2.39. The van der Waals surface area contributed by atoms with Gasteiger partial charge >= 0.3 is 0 Å². The fraction of sp³-hybridized carbons (Fsp3) is 0.421. The number of carbonyl (C=O) groups excluding carboxylic acids is 1. The van der Waals surface area contributed by atoms with Crippen molar-refractivity contribution < 1.29 is 22.2 Å². The van der Waals surface area contributed by atoms with Crippen molar-refractivity contribution in [1.29, 1.82) is 0 Å². The number of hydrogen-bond donors (Lipinski definition) is 2. The Bertz CT molecular complexity index is 1060. The van der Waals surface area contributed by atoms with Crippen LogP contribution in [0, 0.1) is 23.4 Å². The van der Waals surface area contributed by atoms with Crippen LogP contribution >= 0.6 is 0 Å². The Morgan fingerprint density at radius 3 is 2.48 bits per heavy atom. The number of aryl methyl sites for hydroxylation is 1. The molecule has 2 aromatic rings. The Balaban J connectivity index is 2.03. The van der Waals surface area contributed by atoms with Gasteiger partial charge in [-0.2, -0.15) is 0 Å². The van der Waals surface area contributed by atoms with E-state index >= 15 is 0 Å². The minimum Gasteiger partial charge on any atom is -0.345 e. The Kier molecular flexibility index (Phi) is 5.77. The normalized spacial score (nSPS) is 21.6. The van der Waals surface area contributed by atoms with E-state index in [1.807, 2.05) is 13.8 Å². The molecule has 1 aromatic carbocycles. The maximum Gasteiger partial charge on any atom is 0.272 e. The van der Waals surface area contributed by atoms with Crippen LogP contribution in [0.1, 0.15) is 36.3 Å². The number of rotatable bonds is 3. The van der Waals surface area contributed by atoms with Gasteiger partial charge in [0.15, 0.2) is 17.5 Å². The molecule has 0 aliphatic carbocycles. The van der Waals surface area contributed by atoms with Gasteiger partial charge in [-0.25, -0.2) is 26.5 Å². The highest BCUT2D eigenvalue weighted by atomic mass is 32.2. The van der Waals surface area contributed by atoms with E-state index in [1.54, 1.807) is 13.2 Å². The van der Waals surface area contributed by atoms with Gasteiger partial charge in [0.1, 0.15) is 15.6 Å². The first kappa shape index (κ1) is 21.4. The van der Waals surface area contributed by atoms with Crippen molar-refractivity contribution in [3.05, 3.63) is 47.0 Å². The fourth-order valence-electron chi connectivity index (χ4n) is 3.49. The number of benzene rings is 1. The lowest BCUT2D eigenvalue weighted by Crippen LogP contribution is -2.37. The minimum absolute atomic E-state index is 0.0555. The van der Waals surface area contributed by atoms with E-state index in [0.717, 1.165) is 0 Å². The third-order valence-electron chi connectivity index (χ3n) is 5.08. The molecule has 1 aromatic heterocycles. The molecule has 3 rings (SSSR count). The summed E-state index contributed by atoms with van der Waals surface area (Å²) in [7, 11) is 0.132. The molecule has 10 heteroatoms. The van der Waals surface area contributed by atoms with Gasteiger partial charge in [0, 0.05) is 49.7 Å². The Morgan fingerprint density at radius 2 is 1.93 bits per heavy atom. The predicted molar refractivity (Wildman–Crippen MR) is 105 cm³/mol. The molecule has 1 aliphatic heterocycles. The van der Waals surface area contributed by atoms with Crippen LogP contribution in [0.25, 0.3) is 0 Å². The average Bonchev–Trinajstić information content (AvgIpc) is 2.92. The molecule has 2 heterocycles. The molecule has 1 amide bonds. The van der Waals surface area contributed by atoms with E-state index in [4.69, 9.17) is 0 Å². The lowest BCUT2D eigenvalue weighted by Gasteiger charge is -2.21. The quantitative estimate of drug-likeness (QED) is 0.733. The van der Waals surface area contributed by atoms with Gasteiger partial charge < -0.3 is 9.88 Å². The standard InChI is InChI=1S/C19H23F3N4O2S/c1-10(2)15-6-5-12-16(29(28,23-3)25-15)9-26(4)18(12)19(27)24-11-7-13(20)17(22)14(21)8-11/h7-10,15H,5-6H2,1-4H3,(H,24,27)(H,23,25,28). The third kappa shape index (κ3) is 3.91. The number of nitrogens with one attached hydrogen (secondary N) is 2. The van der Waals surface area contributed by atoms with Crippen LogP contribution < -0.4 is 10.0 Å². The molecule has 29 heavy (non-hydrogen) atoms. The highest BCUT2D eigenvalue weighted by molar-refractivity contribution is 7.91. The lowest BCUT2D eigenvalue weighted by atomic mass is 9.97. The van der Waals surface area contributed by atoms with E-state index in [0.29, 0.717) is 35.4 Å². The Labute approximate surface area is 167 Å². The van der Waals surface area contributed by atoms with Crippen molar-refractivity contribution in [2.45, 2.75) is 37.6 Å². The number of fused-ring (bicyclic) bond motifs is 1. The van der Waals surface area contributed by atoms with Crippen molar-refractivity contribution in [1.82, 2.24) is 9.29 Å². The molecule has 6 nitrogen and oxygen atoms in total. The zero-order valence-electron chi connectivity index (χ0n) is 16.6. The summed E-state index contributed by atoms with van der Waals surface area (Å²) in [6.45, 7) is 4.02. The minimum atomic E-state index is -2.94. The highest BCUT2D eigenvalue weighted by Gasteiger charge is 2.32. The van der Waals surface area contributed by atoms with Crippen molar-refractivity contribution in [2.75, 3.05) is 12.4 Å². The van der Waals surface area contributed by atoms with Gasteiger partial charge in [0.2, 0.25) is 0 Å². The molecule has 0 saturated carbocycles. The topological polar surface area (TPSA) is 75.5 Å². The van der Waals surface area contributed by atoms with Crippen LogP contribution in [-0.4, -0.2) is 27.8 Å². The zero-order valence-corrected chi connectivity index (χ0v) is 17.4. The number of hydrogen-bond acceptors (Lipinski definition) is 3. The summed E-state index contributed by atoms with van der Waals surface area (Å²) in [6, 6.07) is 1.36. The maximum atomic E-state index is 13.5. The number of anilines is 1. The van der Waals surface area contributed by atoms with Gasteiger partial charge in [-0.1, -0.05) is 13.8 Å². The summed E-state index contributed by atoms with van der Waals surface area (Å²) in [5.41, 5.74) is 0.570. The van der Waals surface area contributed by atoms with Crippen LogP contribution in [0.4, 0.5) is 18.9 Å². The lowest BCUT2D eigenvalue weighted by molar-refractivity contribution is 0.101. The molecule has 1 aliphatic rings. The van der Waals surface area contributed by atoms with E-state index in [-0.39, 0.29) is 23.3 Å². The van der Waals surface area contributed by atoms with E-state index in [9.17, 15) is 22.2 Å². The predicted octanol–water partition coefficient (Wildman–Crippen LogP) is 3.63. The van der Waals surface area contributed by atoms with Crippen LogP contribution in [0.5, 0.6) is 0 Å². The van der Waals surface area contributed by atoms with Crippen molar-refractivity contribution in [3.63, 3.8) is 0 Å². The first-order valence-electron chi connectivity index (χ1n) is 9.14. The van der Waals surface area contributed by atoms with Crippen LogP contribution in [0.15, 0.2) is 27.6 Å². The second-order valence-corrected chi connectivity index (χ2v) is 9.45. The molecule has 0 bridgehead atoms. The Hall–Kier alpha value is -2.33. The third-order valence-corrected chi connectivity index (χ3v) is 7.16. The number of amides is 1. The van der Waals surface area contributed by atoms with Gasteiger partial charge in [0.25, 0.3) is 5.91 Å². The summed E-state index contributed by atoms with van der Waals surface area (Å²) < 4.78 is 62.3. The molecule has 0 radical (unpaired) electrons. The van der Waals surface area contributed by atoms with Crippen molar-refractivity contribution in [2.24, 2.45) is 17.3 Å². The molecular formula is C19H23F3N4O2S. The van der Waals surface area contributed by atoms with E-state index in [1.165, 1.54) is 11.6 Å². The van der Waals surface area contributed by atoms with Gasteiger partial charge in [-0.3, -0.25) is 4.79 Å². The number of aromatic nitrogens is 1. The molecule has 2 atom stereocenters. The molecule has 2 unspecified atom stereocenters. The first-order valence-corrected chi connectivity index (χ1v) is 10.7. The number of carbonyl (C=O) groups is 1. The van der Waals surface area contributed by atoms with Gasteiger partial charge in [-0.15, -0.1) is 0 Å². The largest absolute Gasteiger partial charge is 0.345 e. The van der Waals surface area contributed by atoms with E-state index < -0.39 is 33.3 Å². The van der Waals surface area contributed by atoms with Crippen molar-refractivity contribution in [3.8, 4) is 0 Å². The molecule has 158 valence electrons. The van der Waals surface area contributed by atoms with Crippen LogP contribution in [-0.2, 0) is 23.4 Å². The van der Waals surface area contributed by atoms with Crippen LogP contribution in [0.3, 0.4) is 0 Å². The number of halogens is 3. The molecule has 0 spiro atoms. The average molecular weight is 428 g/mol. The smallest absolute Gasteiger partial charge is 0.272 e. The Morgan fingerprint density at radius 1 is 1.31 bits per heavy atom. The molecular weight excluding hydrogens is 405 g/mol. The highest BCUT2D eigenvalue weighted by Crippen LogP contribution is 2.30. The second kappa shape index (κ2) is 7.83. The number of nitrogens with zero attached hydrogens (tertiary/aromatic N) is 2. The maximum absolute atomic E-state index is 13.5.